The Labute approximate surface area is 152 Å². The summed E-state index contributed by atoms with van der Waals surface area (Å²) < 4.78 is 1.95. The van der Waals surface area contributed by atoms with Crippen LogP contribution in [0, 0.1) is 13.8 Å². The number of hydrogen-bond acceptors (Lipinski definition) is 5. The summed E-state index contributed by atoms with van der Waals surface area (Å²) in [5, 5.41) is 3.06. The van der Waals surface area contributed by atoms with Crippen molar-refractivity contribution in [2.24, 2.45) is 0 Å². The summed E-state index contributed by atoms with van der Waals surface area (Å²) in [4.78, 5) is 28.5. The van der Waals surface area contributed by atoms with E-state index in [2.05, 4.69) is 20.3 Å². The molecule has 7 nitrogen and oxygen atoms in total. The van der Waals surface area contributed by atoms with Crippen molar-refractivity contribution >= 4 is 17.4 Å². The number of amides is 1. The minimum absolute atomic E-state index is 0.0396. The first kappa shape index (κ1) is 16.5. The molecule has 0 aliphatic carbocycles. The number of aromatic nitrogens is 4. The lowest BCUT2D eigenvalue weighted by Crippen LogP contribution is -2.31. The van der Waals surface area contributed by atoms with Gasteiger partial charge in [-0.25, -0.2) is 15.0 Å². The Kier molecular flexibility index (Phi) is 4.06. The third-order valence-corrected chi connectivity index (χ3v) is 4.88. The monoisotopic (exact) mass is 350 g/mol. The van der Waals surface area contributed by atoms with Crippen molar-refractivity contribution in [1.29, 1.82) is 0 Å². The highest BCUT2D eigenvalue weighted by Gasteiger charge is 2.33. The fraction of sp³-hybridized carbons (Fsp3) is 0.368. The standard InChI is InChI=1S/C19H22N6O/c1-12-6-4-8-18-23-15(11-25(12)18)19(26)24-9-5-7-16(24)14-10-17(20-3)22-13(2)21-14/h4,6,8,10-11,16H,5,7,9H2,1-3H3,(H,20,21,22)/t16-/m0/s1. The van der Waals surface area contributed by atoms with Crippen LogP contribution < -0.4 is 5.32 Å². The summed E-state index contributed by atoms with van der Waals surface area (Å²) >= 11 is 0. The number of carbonyl (C=O) groups excluding carboxylic acids is 1. The van der Waals surface area contributed by atoms with E-state index in [1.807, 2.05) is 60.7 Å². The van der Waals surface area contributed by atoms with Crippen LogP contribution in [0.15, 0.2) is 30.5 Å². The van der Waals surface area contributed by atoms with Crippen molar-refractivity contribution in [3.63, 3.8) is 0 Å². The third kappa shape index (κ3) is 2.79. The van der Waals surface area contributed by atoms with Gasteiger partial charge < -0.3 is 14.6 Å². The molecule has 0 aromatic carbocycles. The molecule has 1 aliphatic heterocycles. The first-order valence-electron chi connectivity index (χ1n) is 8.86. The van der Waals surface area contributed by atoms with Gasteiger partial charge in [-0.2, -0.15) is 0 Å². The number of likely N-dealkylation sites (tertiary alicyclic amines) is 1. The largest absolute Gasteiger partial charge is 0.373 e. The van der Waals surface area contributed by atoms with Crippen molar-refractivity contribution in [1.82, 2.24) is 24.3 Å². The van der Waals surface area contributed by atoms with Gasteiger partial charge in [-0.3, -0.25) is 4.79 Å². The van der Waals surface area contributed by atoms with Gasteiger partial charge in [0.2, 0.25) is 0 Å². The number of nitrogens with zero attached hydrogens (tertiary/aromatic N) is 5. The molecule has 3 aromatic rings. The second kappa shape index (κ2) is 6.40. The molecule has 1 amide bonds. The Morgan fingerprint density at radius 2 is 2.08 bits per heavy atom. The van der Waals surface area contributed by atoms with Gasteiger partial charge in [0.25, 0.3) is 5.91 Å². The van der Waals surface area contributed by atoms with E-state index in [1.54, 1.807) is 0 Å². The lowest BCUT2D eigenvalue weighted by atomic mass is 10.1. The first-order valence-corrected chi connectivity index (χ1v) is 8.86. The molecule has 0 bridgehead atoms. The van der Waals surface area contributed by atoms with Crippen LogP contribution in [0.25, 0.3) is 5.65 Å². The number of nitrogens with one attached hydrogen (secondary N) is 1. The van der Waals surface area contributed by atoms with E-state index in [4.69, 9.17) is 0 Å². The average Bonchev–Trinajstić information content (AvgIpc) is 3.28. The first-order chi connectivity index (χ1) is 12.6. The SMILES string of the molecule is CNc1cc([C@@H]2CCCN2C(=O)c2cn3c(C)cccc3n2)nc(C)n1. The maximum atomic E-state index is 13.1. The van der Waals surface area contributed by atoms with Gasteiger partial charge in [0.15, 0.2) is 0 Å². The zero-order valence-electron chi connectivity index (χ0n) is 15.2. The lowest BCUT2D eigenvalue weighted by molar-refractivity contribution is 0.0727. The molecule has 0 spiro atoms. The number of anilines is 1. The molecule has 1 saturated heterocycles. The van der Waals surface area contributed by atoms with E-state index in [1.165, 1.54) is 0 Å². The number of rotatable bonds is 3. The summed E-state index contributed by atoms with van der Waals surface area (Å²) in [6, 6.07) is 7.76. The number of carbonyl (C=O) groups is 1. The van der Waals surface area contributed by atoms with Gasteiger partial charge in [0.1, 0.15) is 23.0 Å². The smallest absolute Gasteiger partial charge is 0.274 e. The Hall–Kier alpha value is -2.96. The second-order valence-electron chi connectivity index (χ2n) is 6.65. The highest BCUT2D eigenvalue weighted by Crippen LogP contribution is 2.33. The van der Waals surface area contributed by atoms with Crippen LogP contribution in [0.2, 0.25) is 0 Å². The Bertz CT molecular complexity index is 979. The summed E-state index contributed by atoms with van der Waals surface area (Å²) in [5.41, 5.74) is 3.20. The van der Waals surface area contributed by atoms with E-state index < -0.39 is 0 Å². The second-order valence-corrected chi connectivity index (χ2v) is 6.65. The fourth-order valence-electron chi connectivity index (χ4n) is 3.61. The van der Waals surface area contributed by atoms with Gasteiger partial charge in [0.05, 0.1) is 11.7 Å². The molecule has 1 aliphatic rings. The van der Waals surface area contributed by atoms with Gasteiger partial charge >= 0.3 is 0 Å². The van der Waals surface area contributed by atoms with Gasteiger partial charge in [-0.05, 0) is 38.8 Å². The van der Waals surface area contributed by atoms with Crippen LogP contribution in [0.3, 0.4) is 0 Å². The van der Waals surface area contributed by atoms with Crippen molar-refractivity contribution in [2.45, 2.75) is 32.7 Å². The Morgan fingerprint density at radius 1 is 1.23 bits per heavy atom. The number of imidazole rings is 1. The van der Waals surface area contributed by atoms with E-state index >= 15 is 0 Å². The molecule has 1 fully saturated rings. The van der Waals surface area contributed by atoms with Crippen molar-refractivity contribution in [3.05, 3.63) is 53.4 Å². The summed E-state index contributed by atoms with van der Waals surface area (Å²) in [5.74, 6) is 1.43. The highest BCUT2D eigenvalue weighted by molar-refractivity contribution is 5.93. The fourth-order valence-corrected chi connectivity index (χ4v) is 3.61. The third-order valence-electron chi connectivity index (χ3n) is 4.88. The maximum Gasteiger partial charge on any atom is 0.274 e. The molecule has 0 radical (unpaired) electrons. The van der Waals surface area contributed by atoms with Gasteiger partial charge in [-0.1, -0.05) is 6.07 Å². The van der Waals surface area contributed by atoms with Gasteiger partial charge in [0, 0.05) is 31.5 Å². The summed E-state index contributed by atoms with van der Waals surface area (Å²) in [6.07, 6.45) is 3.69. The van der Waals surface area contributed by atoms with E-state index in [0.717, 1.165) is 35.7 Å². The van der Waals surface area contributed by atoms with Crippen LogP contribution >= 0.6 is 0 Å². The van der Waals surface area contributed by atoms with Crippen molar-refractivity contribution < 1.29 is 4.79 Å². The molecule has 4 rings (SSSR count). The number of pyridine rings is 1. The zero-order chi connectivity index (χ0) is 18.3. The average molecular weight is 350 g/mol. The predicted octanol–water partition coefficient (Wildman–Crippen LogP) is 2.76. The highest BCUT2D eigenvalue weighted by atomic mass is 16.2. The van der Waals surface area contributed by atoms with E-state index in [9.17, 15) is 4.79 Å². The van der Waals surface area contributed by atoms with Crippen LogP contribution in [0.4, 0.5) is 5.82 Å². The number of fused-ring (bicyclic) bond motifs is 1. The van der Waals surface area contributed by atoms with Gasteiger partial charge in [-0.15, -0.1) is 0 Å². The zero-order valence-corrected chi connectivity index (χ0v) is 15.2. The number of aryl methyl sites for hydroxylation is 2. The molecule has 0 saturated carbocycles. The molecule has 3 aromatic heterocycles. The van der Waals surface area contributed by atoms with Crippen LogP contribution in [-0.2, 0) is 0 Å². The number of hydrogen-bond donors (Lipinski definition) is 1. The molecule has 0 unspecified atom stereocenters. The Balaban J connectivity index is 1.68. The normalized spacial score (nSPS) is 17.0. The molecule has 1 atom stereocenters. The maximum absolute atomic E-state index is 13.1. The minimum atomic E-state index is -0.0436. The Morgan fingerprint density at radius 3 is 2.85 bits per heavy atom. The van der Waals surface area contributed by atoms with Crippen LogP contribution in [0.5, 0.6) is 0 Å². The van der Waals surface area contributed by atoms with Crippen LogP contribution in [0.1, 0.15) is 46.6 Å². The van der Waals surface area contributed by atoms with E-state index in [0.29, 0.717) is 18.1 Å². The summed E-state index contributed by atoms with van der Waals surface area (Å²) in [6.45, 7) is 4.59. The van der Waals surface area contributed by atoms with Crippen molar-refractivity contribution in [2.75, 3.05) is 18.9 Å². The molecule has 7 heteroatoms. The summed E-state index contributed by atoms with van der Waals surface area (Å²) in [7, 11) is 1.84. The van der Waals surface area contributed by atoms with Crippen molar-refractivity contribution in [3.8, 4) is 0 Å². The molecule has 4 heterocycles. The lowest BCUT2D eigenvalue weighted by Gasteiger charge is -2.24. The molecule has 26 heavy (non-hydrogen) atoms. The van der Waals surface area contributed by atoms with Crippen LogP contribution in [-0.4, -0.2) is 43.8 Å². The molecule has 1 N–H and O–H groups in total. The molecular weight excluding hydrogens is 328 g/mol. The minimum Gasteiger partial charge on any atom is -0.373 e. The van der Waals surface area contributed by atoms with E-state index in [-0.39, 0.29) is 11.9 Å². The predicted molar refractivity (Wildman–Crippen MR) is 99.3 cm³/mol. The molecule has 134 valence electrons. The topological polar surface area (TPSA) is 75.4 Å². The molecular formula is C19H22N6O. The quantitative estimate of drug-likeness (QED) is 0.786.